The first-order chi connectivity index (χ1) is 14.2. The minimum Gasteiger partial charge on any atom is -0.590 e. The van der Waals surface area contributed by atoms with Gasteiger partial charge in [-0.15, -0.1) is 4.72 Å². The number of hydrogen-bond donors (Lipinski definition) is 2. The van der Waals surface area contributed by atoms with Gasteiger partial charge in [0.1, 0.15) is 11.4 Å². The van der Waals surface area contributed by atoms with Crippen molar-refractivity contribution in [1.82, 2.24) is 23.4 Å². The number of aliphatic hydroxyl groups excluding tert-OH is 1. The van der Waals surface area contributed by atoms with E-state index in [-0.39, 0.29) is 48.5 Å². The Balaban J connectivity index is 2.27. The van der Waals surface area contributed by atoms with Crippen molar-refractivity contribution in [3.05, 3.63) is 55.7 Å². The van der Waals surface area contributed by atoms with Crippen molar-refractivity contribution in [3.8, 4) is 0 Å². The maximum Gasteiger partial charge on any atom is 0.347 e. The zero-order valence-corrected chi connectivity index (χ0v) is 18.5. The molecule has 0 spiro atoms. The summed E-state index contributed by atoms with van der Waals surface area (Å²) >= 11 is 4.27. The van der Waals surface area contributed by atoms with Crippen LogP contribution in [0.2, 0.25) is 5.02 Å². The number of rotatable bonds is 8. The molecule has 2 heterocycles. The molecule has 0 saturated carbocycles. The molecule has 0 aliphatic rings. The van der Waals surface area contributed by atoms with E-state index in [0.29, 0.717) is 5.02 Å². The van der Waals surface area contributed by atoms with Gasteiger partial charge in [0.25, 0.3) is 5.56 Å². The van der Waals surface area contributed by atoms with Crippen LogP contribution in [0.1, 0.15) is 25.8 Å². The summed E-state index contributed by atoms with van der Waals surface area (Å²) in [4.78, 5) is 30.3. The van der Waals surface area contributed by atoms with Crippen LogP contribution in [0.4, 0.5) is 0 Å². The SMILES string of the molecule is CC(C)N[S+]([O-])c1nc2c(c(=O)n(CCCO)c(=O)n2C)n1Cc1ccc(Cl)cc1. The number of aromatic nitrogens is 4. The topological polar surface area (TPSA) is 117 Å². The molecule has 11 heteroatoms. The first kappa shape index (κ1) is 22.6. The van der Waals surface area contributed by atoms with Crippen molar-refractivity contribution in [3.63, 3.8) is 0 Å². The second kappa shape index (κ2) is 9.36. The van der Waals surface area contributed by atoms with E-state index in [1.807, 2.05) is 26.0 Å². The second-order valence-corrected chi connectivity index (χ2v) is 8.77. The zero-order valence-electron chi connectivity index (χ0n) is 17.0. The summed E-state index contributed by atoms with van der Waals surface area (Å²) in [5.41, 5.74) is 0.103. The predicted octanol–water partition coefficient (Wildman–Crippen LogP) is 1.00. The van der Waals surface area contributed by atoms with Gasteiger partial charge in [-0.25, -0.2) is 4.79 Å². The van der Waals surface area contributed by atoms with Crippen LogP contribution in [0.15, 0.2) is 39.0 Å². The maximum absolute atomic E-state index is 13.2. The van der Waals surface area contributed by atoms with Crippen molar-refractivity contribution in [1.29, 1.82) is 0 Å². The Morgan fingerprint density at radius 1 is 1.23 bits per heavy atom. The summed E-state index contributed by atoms with van der Waals surface area (Å²) in [5, 5.41) is 9.85. The Morgan fingerprint density at radius 2 is 1.90 bits per heavy atom. The molecule has 1 atom stereocenters. The van der Waals surface area contributed by atoms with Gasteiger partial charge in [0.2, 0.25) is 0 Å². The molecule has 0 amide bonds. The number of aryl methyl sites for hydroxylation is 1. The van der Waals surface area contributed by atoms with E-state index in [9.17, 15) is 14.1 Å². The van der Waals surface area contributed by atoms with Gasteiger partial charge in [0.15, 0.2) is 11.2 Å². The standard InChI is InChI=1S/C19H24ClN5O4S/c1-12(2)22-30(29)18-21-16-15(25(18)11-13-5-7-14(20)8-6-13)17(27)24(9-4-10-26)19(28)23(16)3/h5-8,12,22,26H,4,9-11H2,1-3H3. The highest BCUT2D eigenvalue weighted by Gasteiger charge is 2.28. The summed E-state index contributed by atoms with van der Waals surface area (Å²) in [5.74, 6) is 0. The Morgan fingerprint density at radius 3 is 2.50 bits per heavy atom. The lowest BCUT2D eigenvalue weighted by Crippen LogP contribution is -2.40. The third-order valence-electron chi connectivity index (χ3n) is 4.50. The fraction of sp³-hybridized carbons (Fsp3) is 0.421. The molecule has 3 aromatic rings. The summed E-state index contributed by atoms with van der Waals surface area (Å²) < 4.78 is 19.7. The van der Waals surface area contributed by atoms with E-state index >= 15 is 0 Å². The van der Waals surface area contributed by atoms with Crippen LogP contribution in [0.3, 0.4) is 0 Å². The molecule has 2 N–H and O–H groups in total. The highest BCUT2D eigenvalue weighted by Crippen LogP contribution is 2.19. The van der Waals surface area contributed by atoms with Crippen LogP contribution in [0, 0.1) is 0 Å². The summed E-state index contributed by atoms with van der Waals surface area (Å²) in [6.07, 6.45) is 0.264. The first-order valence-corrected chi connectivity index (χ1v) is 11.0. The number of benzene rings is 1. The van der Waals surface area contributed by atoms with Gasteiger partial charge < -0.3 is 9.66 Å². The third kappa shape index (κ3) is 4.47. The van der Waals surface area contributed by atoms with E-state index < -0.39 is 22.6 Å². The molecule has 30 heavy (non-hydrogen) atoms. The van der Waals surface area contributed by atoms with E-state index in [0.717, 1.165) is 10.1 Å². The summed E-state index contributed by atoms with van der Waals surface area (Å²) in [6, 6.07) is 6.99. The molecule has 0 radical (unpaired) electrons. The lowest BCUT2D eigenvalue weighted by molar-refractivity contribution is 0.277. The van der Waals surface area contributed by atoms with Gasteiger partial charge in [-0.3, -0.25) is 18.5 Å². The smallest absolute Gasteiger partial charge is 0.347 e. The zero-order chi connectivity index (χ0) is 22.0. The van der Waals surface area contributed by atoms with E-state index in [4.69, 9.17) is 16.7 Å². The van der Waals surface area contributed by atoms with E-state index in [1.54, 1.807) is 16.7 Å². The van der Waals surface area contributed by atoms with Crippen molar-refractivity contribution >= 4 is 34.1 Å². The number of aliphatic hydroxyl groups is 1. The Kier molecular flexibility index (Phi) is 7.04. The third-order valence-corrected chi connectivity index (χ3v) is 6.08. The fourth-order valence-electron chi connectivity index (χ4n) is 3.10. The Labute approximate surface area is 181 Å². The van der Waals surface area contributed by atoms with Gasteiger partial charge in [0, 0.05) is 31.3 Å². The molecule has 0 fully saturated rings. The highest BCUT2D eigenvalue weighted by molar-refractivity contribution is 7.89. The fourth-order valence-corrected chi connectivity index (χ4v) is 4.29. The van der Waals surface area contributed by atoms with Crippen LogP contribution in [-0.2, 0) is 31.5 Å². The lowest BCUT2D eigenvalue weighted by atomic mass is 10.2. The molecule has 9 nitrogen and oxygen atoms in total. The minimum absolute atomic E-state index is 0.0761. The molecular formula is C19H24ClN5O4S. The molecular weight excluding hydrogens is 430 g/mol. The molecule has 0 bridgehead atoms. The number of hydrogen-bond acceptors (Lipinski definition) is 6. The van der Waals surface area contributed by atoms with Gasteiger partial charge in [-0.1, -0.05) is 23.7 Å². The molecule has 1 unspecified atom stereocenters. The average Bonchev–Trinajstić information content (AvgIpc) is 3.07. The molecule has 0 saturated heterocycles. The molecule has 2 aromatic heterocycles. The van der Waals surface area contributed by atoms with Crippen LogP contribution < -0.4 is 16.0 Å². The second-order valence-electron chi connectivity index (χ2n) is 7.20. The van der Waals surface area contributed by atoms with Crippen molar-refractivity contribution < 1.29 is 9.66 Å². The van der Waals surface area contributed by atoms with Crippen molar-refractivity contribution in [2.75, 3.05) is 6.61 Å². The van der Waals surface area contributed by atoms with Crippen LogP contribution >= 0.6 is 11.6 Å². The van der Waals surface area contributed by atoms with Gasteiger partial charge in [0.05, 0.1) is 6.54 Å². The maximum atomic E-state index is 13.2. The Bertz CT molecular complexity index is 1150. The van der Waals surface area contributed by atoms with Crippen LogP contribution in [0.25, 0.3) is 11.2 Å². The average molecular weight is 454 g/mol. The molecule has 0 aliphatic heterocycles. The van der Waals surface area contributed by atoms with Crippen LogP contribution in [0.5, 0.6) is 0 Å². The number of nitrogens with zero attached hydrogens (tertiary/aromatic N) is 4. The molecule has 0 aliphatic carbocycles. The van der Waals surface area contributed by atoms with Crippen molar-refractivity contribution in [2.24, 2.45) is 7.05 Å². The predicted molar refractivity (Wildman–Crippen MR) is 116 cm³/mol. The van der Waals surface area contributed by atoms with Crippen LogP contribution in [-0.4, -0.2) is 41.0 Å². The van der Waals surface area contributed by atoms with Gasteiger partial charge >= 0.3 is 10.8 Å². The number of imidazole rings is 1. The first-order valence-electron chi connectivity index (χ1n) is 9.48. The number of fused-ring (bicyclic) bond motifs is 1. The molecule has 1 aromatic carbocycles. The monoisotopic (exact) mass is 453 g/mol. The normalized spacial score (nSPS) is 12.8. The van der Waals surface area contributed by atoms with Crippen molar-refractivity contribution in [2.45, 2.75) is 44.6 Å². The van der Waals surface area contributed by atoms with Gasteiger partial charge in [-0.2, -0.15) is 4.98 Å². The summed E-state index contributed by atoms with van der Waals surface area (Å²) in [7, 11) is 1.52. The lowest BCUT2D eigenvalue weighted by Gasteiger charge is -2.14. The molecule has 162 valence electrons. The highest BCUT2D eigenvalue weighted by atomic mass is 35.5. The number of halogens is 1. The quantitative estimate of drug-likeness (QED) is 0.491. The molecule has 3 rings (SSSR count). The summed E-state index contributed by atoms with van der Waals surface area (Å²) in [6.45, 7) is 3.85. The largest absolute Gasteiger partial charge is 0.590 e. The van der Waals surface area contributed by atoms with Gasteiger partial charge in [-0.05, 0) is 38.0 Å². The Hall–Kier alpha value is -2.11. The van der Waals surface area contributed by atoms with E-state index in [1.165, 1.54) is 11.6 Å². The number of nitrogens with one attached hydrogen (secondary N) is 1. The van der Waals surface area contributed by atoms with E-state index in [2.05, 4.69) is 9.71 Å². The minimum atomic E-state index is -1.70.